The summed E-state index contributed by atoms with van der Waals surface area (Å²) in [5.74, 6) is -1.32. The molecular weight excluding hydrogens is 425 g/mol. The maximum Gasteiger partial charge on any atom is 0.281 e. The van der Waals surface area contributed by atoms with Crippen LogP contribution in [0.25, 0.3) is 0 Å². The highest BCUT2D eigenvalue weighted by molar-refractivity contribution is 6.30. The summed E-state index contributed by atoms with van der Waals surface area (Å²) in [6.45, 7) is -0.283. The van der Waals surface area contributed by atoms with Crippen molar-refractivity contribution in [1.82, 2.24) is 20.6 Å². The third-order valence-corrected chi connectivity index (χ3v) is 5.51. The van der Waals surface area contributed by atoms with Gasteiger partial charge < -0.3 is 15.4 Å². The molecule has 2 amide bonds. The Morgan fingerprint density at radius 3 is 2.43 bits per heavy atom. The fourth-order valence-electron chi connectivity index (χ4n) is 3.97. The normalized spacial score (nSPS) is 23.9. The molecule has 3 saturated carbocycles. The quantitative estimate of drug-likeness (QED) is 0.690. The van der Waals surface area contributed by atoms with E-state index in [2.05, 4.69) is 20.6 Å². The predicted molar refractivity (Wildman–Crippen MR) is 98.8 cm³/mol. The van der Waals surface area contributed by atoms with Crippen LogP contribution in [-0.2, 0) is 4.79 Å². The number of amides is 2. The zero-order valence-corrected chi connectivity index (χ0v) is 16.2. The van der Waals surface area contributed by atoms with E-state index in [4.69, 9.17) is 16.3 Å². The second-order valence-electron chi connectivity index (χ2n) is 7.59. The Hall–Kier alpha value is -2.88. The van der Waals surface area contributed by atoms with Gasteiger partial charge in [-0.05, 0) is 31.4 Å². The van der Waals surface area contributed by atoms with E-state index in [1.807, 2.05) is 0 Å². The van der Waals surface area contributed by atoms with Crippen molar-refractivity contribution in [3.05, 3.63) is 52.8 Å². The zero-order chi connectivity index (χ0) is 21.5. The molecule has 0 aliphatic heterocycles. The highest BCUT2D eigenvalue weighted by Crippen LogP contribution is 2.60. The highest BCUT2D eigenvalue weighted by atomic mass is 35.5. The molecule has 2 N–H and O–H groups in total. The van der Waals surface area contributed by atoms with Gasteiger partial charge in [0.1, 0.15) is 23.0 Å². The lowest BCUT2D eigenvalue weighted by Gasteiger charge is -2.70. The van der Waals surface area contributed by atoms with Crippen LogP contribution in [-0.4, -0.2) is 39.5 Å². The standard InChI is InChI=1S/C19H16ClF3N4O3/c20-11-2-1-10(3-12(11)21)30-6-15(28)26-18-7-19(8-18,9-18)27-17(29)14-5-24-13(4-25-14)16(22)23/h1-5,16H,6-9H2,(H,26,28)(H,27,29). The van der Waals surface area contributed by atoms with Gasteiger partial charge >= 0.3 is 0 Å². The van der Waals surface area contributed by atoms with Gasteiger partial charge in [-0.2, -0.15) is 0 Å². The molecule has 1 heterocycles. The lowest BCUT2D eigenvalue weighted by molar-refractivity contribution is -0.141. The Balaban J connectivity index is 1.23. The third-order valence-electron chi connectivity index (χ3n) is 5.20. The van der Waals surface area contributed by atoms with E-state index in [1.165, 1.54) is 12.1 Å². The molecule has 2 bridgehead atoms. The molecule has 7 nitrogen and oxygen atoms in total. The SMILES string of the molecule is O=C(COc1ccc(Cl)c(F)c1)NC12CC(NC(=O)c3cnc(C(F)F)cn3)(C1)C2. The van der Waals surface area contributed by atoms with Crippen molar-refractivity contribution in [3.63, 3.8) is 0 Å². The maximum atomic E-state index is 13.4. The van der Waals surface area contributed by atoms with Crippen molar-refractivity contribution in [2.24, 2.45) is 0 Å². The minimum Gasteiger partial charge on any atom is -0.484 e. The molecule has 0 saturated heterocycles. The van der Waals surface area contributed by atoms with Gasteiger partial charge in [0.15, 0.2) is 6.61 Å². The topological polar surface area (TPSA) is 93.2 Å². The first-order valence-corrected chi connectivity index (χ1v) is 9.39. The monoisotopic (exact) mass is 440 g/mol. The summed E-state index contributed by atoms with van der Waals surface area (Å²) in [7, 11) is 0. The second-order valence-corrected chi connectivity index (χ2v) is 7.99. The summed E-state index contributed by atoms with van der Waals surface area (Å²) in [4.78, 5) is 31.6. The van der Waals surface area contributed by atoms with Crippen LogP contribution in [0.3, 0.4) is 0 Å². The van der Waals surface area contributed by atoms with Crippen molar-refractivity contribution >= 4 is 23.4 Å². The van der Waals surface area contributed by atoms with Gasteiger partial charge in [-0.15, -0.1) is 0 Å². The van der Waals surface area contributed by atoms with Crippen LogP contribution in [0.1, 0.15) is 41.9 Å². The maximum absolute atomic E-state index is 13.4. The Labute approximate surface area is 174 Å². The number of rotatable bonds is 7. The van der Waals surface area contributed by atoms with Crippen molar-refractivity contribution in [3.8, 4) is 5.75 Å². The third kappa shape index (κ3) is 3.91. The van der Waals surface area contributed by atoms with Crippen LogP contribution in [0.4, 0.5) is 13.2 Å². The first kappa shape index (κ1) is 20.4. The number of hydrogen-bond donors (Lipinski definition) is 2. The van der Waals surface area contributed by atoms with Crippen molar-refractivity contribution in [2.45, 2.75) is 36.8 Å². The van der Waals surface area contributed by atoms with Crippen LogP contribution in [0.15, 0.2) is 30.6 Å². The van der Waals surface area contributed by atoms with Crippen LogP contribution < -0.4 is 15.4 Å². The van der Waals surface area contributed by atoms with Crippen LogP contribution in [0, 0.1) is 5.82 Å². The molecule has 30 heavy (non-hydrogen) atoms. The minimum atomic E-state index is -2.75. The molecular formula is C19H16ClF3N4O3. The molecule has 2 aromatic rings. The second kappa shape index (κ2) is 7.42. The molecule has 1 aromatic heterocycles. The Kier molecular flexibility index (Phi) is 5.05. The molecule has 0 spiro atoms. The van der Waals surface area contributed by atoms with E-state index in [1.54, 1.807) is 0 Å². The number of aromatic nitrogens is 2. The number of nitrogens with one attached hydrogen (secondary N) is 2. The molecule has 1 aromatic carbocycles. The summed E-state index contributed by atoms with van der Waals surface area (Å²) in [6, 6.07) is 3.89. The minimum absolute atomic E-state index is 0.0380. The van der Waals surface area contributed by atoms with E-state index >= 15 is 0 Å². The summed E-state index contributed by atoms with van der Waals surface area (Å²) >= 11 is 5.59. The van der Waals surface area contributed by atoms with Crippen molar-refractivity contribution < 1.29 is 27.5 Å². The van der Waals surface area contributed by atoms with Gasteiger partial charge in [-0.1, -0.05) is 11.6 Å². The van der Waals surface area contributed by atoms with Crippen LogP contribution in [0.5, 0.6) is 5.75 Å². The molecule has 5 rings (SSSR count). The average Bonchev–Trinajstić information content (AvgIpc) is 2.66. The van der Waals surface area contributed by atoms with E-state index in [9.17, 15) is 22.8 Å². The lowest BCUT2D eigenvalue weighted by atomic mass is 9.44. The number of carbonyl (C=O) groups is 2. The number of nitrogens with zero attached hydrogens (tertiary/aromatic N) is 2. The fraction of sp³-hybridized carbons (Fsp3) is 0.368. The predicted octanol–water partition coefficient (Wildman–Crippen LogP) is 2.81. The average molecular weight is 441 g/mol. The number of ether oxygens (including phenoxy) is 1. The fourth-order valence-corrected chi connectivity index (χ4v) is 4.09. The van der Waals surface area contributed by atoms with E-state index in [-0.39, 0.29) is 29.0 Å². The van der Waals surface area contributed by atoms with Gasteiger partial charge in [0.05, 0.1) is 17.4 Å². The smallest absolute Gasteiger partial charge is 0.281 e. The Bertz CT molecular complexity index is 983. The van der Waals surface area contributed by atoms with Crippen molar-refractivity contribution in [2.75, 3.05) is 6.61 Å². The number of halogens is 4. The highest BCUT2D eigenvalue weighted by Gasteiger charge is 2.69. The summed E-state index contributed by atoms with van der Waals surface area (Å²) < 4.78 is 43.6. The Morgan fingerprint density at radius 2 is 1.83 bits per heavy atom. The molecule has 0 atom stereocenters. The van der Waals surface area contributed by atoms with Gasteiger partial charge in [-0.25, -0.2) is 18.2 Å². The largest absolute Gasteiger partial charge is 0.484 e. The Morgan fingerprint density at radius 1 is 1.13 bits per heavy atom. The van der Waals surface area contributed by atoms with Gasteiger partial charge in [0, 0.05) is 17.1 Å². The first-order chi connectivity index (χ1) is 14.2. The summed E-state index contributed by atoms with van der Waals surface area (Å²) in [5.41, 5.74) is -1.41. The van der Waals surface area contributed by atoms with Crippen LogP contribution in [0.2, 0.25) is 5.02 Å². The molecule has 3 aliphatic carbocycles. The van der Waals surface area contributed by atoms with Gasteiger partial charge in [0.25, 0.3) is 18.2 Å². The number of alkyl halides is 2. The summed E-state index contributed by atoms with van der Waals surface area (Å²) in [6.07, 6.45) is 0.742. The lowest BCUT2D eigenvalue weighted by Crippen LogP contribution is -2.84. The molecule has 11 heteroatoms. The molecule has 3 aliphatic rings. The van der Waals surface area contributed by atoms with Gasteiger partial charge in [0.2, 0.25) is 0 Å². The molecule has 158 valence electrons. The first-order valence-electron chi connectivity index (χ1n) is 9.01. The number of carbonyl (C=O) groups excluding carboxylic acids is 2. The van der Waals surface area contributed by atoms with E-state index < -0.39 is 34.9 Å². The summed E-state index contributed by atoms with van der Waals surface area (Å²) in [5, 5.41) is 5.65. The number of hydrogen-bond acceptors (Lipinski definition) is 5. The number of benzene rings is 1. The van der Waals surface area contributed by atoms with E-state index in [0.717, 1.165) is 18.5 Å². The van der Waals surface area contributed by atoms with Gasteiger partial charge in [-0.3, -0.25) is 14.6 Å². The molecule has 0 unspecified atom stereocenters. The molecule has 3 fully saturated rings. The van der Waals surface area contributed by atoms with Crippen molar-refractivity contribution in [1.29, 1.82) is 0 Å². The van der Waals surface area contributed by atoms with Crippen LogP contribution >= 0.6 is 11.6 Å². The zero-order valence-electron chi connectivity index (χ0n) is 15.4. The van der Waals surface area contributed by atoms with E-state index in [0.29, 0.717) is 19.3 Å². The molecule has 0 radical (unpaired) electrons.